The first-order valence-corrected chi connectivity index (χ1v) is 5.91. The summed E-state index contributed by atoms with van der Waals surface area (Å²) in [4.78, 5) is 1.68. The molecule has 0 unspecified atom stereocenters. The summed E-state index contributed by atoms with van der Waals surface area (Å²) in [6.45, 7) is 3.63. The van der Waals surface area contributed by atoms with Crippen molar-refractivity contribution in [2.24, 2.45) is 0 Å². The van der Waals surface area contributed by atoms with E-state index in [2.05, 4.69) is 5.32 Å². The third-order valence-electron chi connectivity index (χ3n) is 3.36. The summed E-state index contributed by atoms with van der Waals surface area (Å²) >= 11 is 0. The quantitative estimate of drug-likeness (QED) is 0.499. The fourth-order valence-electron chi connectivity index (χ4n) is 2.24. The van der Waals surface area contributed by atoms with Crippen LogP contribution in [0.1, 0.15) is 18.5 Å². The van der Waals surface area contributed by atoms with Gasteiger partial charge in [0.05, 0.1) is 0 Å². The van der Waals surface area contributed by atoms with Crippen LogP contribution >= 0.6 is 24.8 Å². The number of hydrogen-bond donors (Lipinski definition) is 1. The van der Waals surface area contributed by atoms with Gasteiger partial charge in [-0.1, -0.05) is 0 Å². The maximum atomic E-state index is 13.6. The van der Waals surface area contributed by atoms with Crippen molar-refractivity contribution >= 4 is 24.8 Å². The molecule has 1 aliphatic rings. The molecule has 0 amide bonds. The van der Waals surface area contributed by atoms with Crippen LogP contribution in [0.4, 0.5) is 22.0 Å². The van der Waals surface area contributed by atoms with E-state index in [0.29, 0.717) is 26.2 Å². The van der Waals surface area contributed by atoms with Crippen molar-refractivity contribution in [3.05, 3.63) is 34.6 Å². The molecule has 1 atom stereocenters. The van der Waals surface area contributed by atoms with E-state index >= 15 is 0 Å². The zero-order valence-corrected chi connectivity index (χ0v) is 12.7. The van der Waals surface area contributed by atoms with Crippen molar-refractivity contribution in [1.82, 2.24) is 10.2 Å². The van der Waals surface area contributed by atoms with Gasteiger partial charge in [0.2, 0.25) is 5.82 Å². The molecule has 1 fully saturated rings. The van der Waals surface area contributed by atoms with Crippen LogP contribution in [-0.4, -0.2) is 31.1 Å². The van der Waals surface area contributed by atoms with E-state index in [1.165, 1.54) is 6.92 Å². The molecule has 9 heteroatoms. The summed E-state index contributed by atoms with van der Waals surface area (Å²) in [5.41, 5.74) is -0.765. The van der Waals surface area contributed by atoms with Crippen molar-refractivity contribution in [3.8, 4) is 0 Å². The standard InChI is InChI=1S/C12H13F5N2.2ClH/c1-6(19-4-2-18-3-5-19)7-8(13)10(15)12(17)11(16)9(7)14;;/h6,18H,2-5H2,1H3;2*1H/t6-;;/m0../s1. The molecule has 1 saturated heterocycles. The van der Waals surface area contributed by atoms with Gasteiger partial charge in [-0.15, -0.1) is 24.8 Å². The molecule has 1 aromatic rings. The zero-order chi connectivity index (χ0) is 14.2. The number of halogens is 7. The molecular weight excluding hydrogens is 338 g/mol. The fourth-order valence-corrected chi connectivity index (χ4v) is 2.24. The lowest BCUT2D eigenvalue weighted by atomic mass is 10.0. The van der Waals surface area contributed by atoms with Crippen LogP contribution in [0.25, 0.3) is 0 Å². The highest BCUT2D eigenvalue weighted by Gasteiger charge is 2.31. The SMILES string of the molecule is C[C@@H](c1c(F)c(F)c(F)c(F)c1F)N1CCNCC1.Cl.Cl. The topological polar surface area (TPSA) is 15.3 Å². The molecule has 21 heavy (non-hydrogen) atoms. The van der Waals surface area contributed by atoms with Crippen LogP contribution < -0.4 is 5.32 Å². The van der Waals surface area contributed by atoms with Gasteiger partial charge in [0.15, 0.2) is 23.3 Å². The van der Waals surface area contributed by atoms with Crippen LogP contribution in [0, 0.1) is 29.1 Å². The van der Waals surface area contributed by atoms with Crippen LogP contribution in [-0.2, 0) is 0 Å². The maximum Gasteiger partial charge on any atom is 0.200 e. The Morgan fingerprint density at radius 1 is 0.810 bits per heavy atom. The minimum atomic E-state index is -2.12. The number of nitrogens with one attached hydrogen (secondary N) is 1. The molecule has 1 heterocycles. The molecule has 2 nitrogen and oxygen atoms in total. The first-order chi connectivity index (χ1) is 8.95. The molecule has 0 aliphatic carbocycles. The number of rotatable bonds is 2. The molecule has 0 aromatic heterocycles. The first-order valence-electron chi connectivity index (χ1n) is 5.91. The highest BCUT2D eigenvalue weighted by molar-refractivity contribution is 5.85. The molecule has 122 valence electrons. The predicted molar refractivity (Wildman–Crippen MR) is 73.6 cm³/mol. The van der Waals surface area contributed by atoms with Crippen molar-refractivity contribution in [1.29, 1.82) is 0 Å². The average molecular weight is 353 g/mol. The summed E-state index contributed by atoms with van der Waals surface area (Å²) in [5.74, 6) is -9.40. The third-order valence-corrected chi connectivity index (χ3v) is 3.36. The lowest BCUT2D eigenvalue weighted by Crippen LogP contribution is -2.45. The zero-order valence-electron chi connectivity index (χ0n) is 11.1. The van der Waals surface area contributed by atoms with E-state index in [1.54, 1.807) is 4.90 Å². The van der Waals surface area contributed by atoms with Gasteiger partial charge in [0, 0.05) is 37.8 Å². The number of hydrogen-bond acceptors (Lipinski definition) is 2. The predicted octanol–water partition coefficient (Wildman–Crippen LogP) is 3.19. The minimum absolute atomic E-state index is 0. The lowest BCUT2D eigenvalue weighted by molar-refractivity contribution is 0.175. The van der Waals surface area contributed by atoms with Gasteiger partial charge < -0.3 is 5.32 Å². The van der Waals surface area contributed by atoms with Crippen LogP contribution in [0.5, 0.6) is 0 Å². The molecule has 1 aliphatic heterocycles. The number of benzene rings is 1. The molecule has 1 N–H and O–H groups in total. The van der Waals surface area contributed by atoms with Crippen LogP contribution in [0.3, 0.4) is 0 Å². The Morgan fingerprint density at radius 2 is 1.19 bits per heavy atom. The Labute approximate surface area is 131 Å². The van der Waals surface area contributed by atoms with Gasteiger partial charge in [0.25, 0.3) is 0 Å². The highest BCUT2D eigenvalue weighted by Crippen LogP contribution is 2.30. The summed E-state index contributed by atoms with van der Waals surface area (Å²) in [6.07, 6.45) is 0. The van der Waals surface area contributed by atoms with E-state index in [4.69, 9.17) is 0 Å². The Morgan fingerprint density at radius 3 is 1.62 bits per heavy atom. The molecule has 0 radical (unpaired) electrons. The van der Waals surface area contributed by atoms with Gasteiger partial charge in [-0.05, 0) is 6.92 Å². The largest absolute Gasteiger partial charge is 0.314 e. The Balaban J connectivity index is 0.00000200. The van der Waals surface area contributed by atoms with Crippen molar-refractivity contribution in [2.45, 2.75) is 13.0 Å². The van der Waals surface area contributed by atoms with Crippen molar-refractivity contribution < 1.29 is 22.0 Å². The van der Waals surface area contributed by atoms with Gasteiger partial charge in [-0.25, -0.2) is 22.0 Å². The second-order valence-corrected chi connectivity index (χ2v) is 4.45. The van der Waals surface area contributed by atoms with E-state index in [0.717, 1.165) is 0 Å². The maximum absolute atomic E-state index is 13.6. The second-order valence-electron chi connectivity index (χ2n) is 4.45. The summed E-state index contributed by atoms with van der Waals surface area (Å²) in [7, 11) is 0. The highest BCUT2D eigenvalue weighted by atomic mass is 35.5. The van der Waals surface area contributed by atoms with E-state index in [9.17, 15) is 22.0 Å². The third kappa shape index (κ3) is 3.77. The van der Waals surface area contributed by atoms with Gasteiger partial charge >= 0.3 is 0 Å². The second kappa shape index (κ2) is 8.12. The average Bonchev–Trinajstić information content (AvgIpc) is 2.44. The minimum Gasteiger partial charge on any atom is -0.314 e. The monoisotopic (exact) mass is 352 g/mol. The number of nitrogens with zero attached hydrogens (tertiary/aromatic N) is 1. The van der Waals surface area contributed by atoms with E-state index in [-0.39, 0.29) is 24.8 Å². The van der Waals surface area contributed by atoms with Crippen LogP contribution in [0.15, 0.2) is 0 Å². The van der Waals surface area contributed by atoms with Gasteiger partial charge in [-0.3, -0.25) is 4.90 Å². The first kappa shape index (κ1) is 20.4. The molecule has 0 saturated carbocycles. The Bertz CT molecular complexity index is 466. The lowest BCUT2D eigenvalue weighted by Gasteiger charge is -2.33. The van der Waals surface area contributed by atoms with E-state index < -0.39 is 40.7 Å². The molecule has 0 bridgehead atoms. The summed E-state index contributed by atoms with van der Waals surface area (Å²) < 4.78 is 66.5. The van der Waals surface area contributed by atoms with Crippen molar-refractivity contribution in [3.63, 3.8) is 0 Å². The smallest absolute Gasteiger partial charge is 0.200 e. The summed E-state index contributed by atoms with van der Waals surface area (Å²) in [6, 6.07) is -0.869. The molecular formula is C12H15Cl2F5N2. The normalized spacial score (nSPS) is 16.9. The Kier molecular flexibility index (Phi) is 7.88. The fraction of sp³-hybridized carbons (Fsp3) is 0.500. The molecule has 2 rings (SSSR count). The molecule has 0 spiro atoms. The van der Waals surface area contributed by atoms with E-state index in [1.807, 2.05) is 0 Å². The van der Waals surface area contributed by atoms with Gasteiger partial charge in [0.1, 0.15) is 0 Å². The number of piperazine rings is 1. The summed E-state index contributed by atoms with van der Waals surface area (Å²) in [5, 5.41) is 3.04. The van der Waals surface area contributed by atoms with Gasteiger partial charge in [-0.2, -0.15) is 0 Å². The molecule has 1 aromatic carbocycles. The van der Waals surface area contributed by atoms with Crippen molar-refractivity contribution in [2.75, 3.05) is 26.2 Å². The van der Waals surface area contributed by atoms with Crippen LogP contribution in [0.2, 0.25) is 0 Å². The Hall–Kier alpha value is -0.630.